The van der Waals surface area contributed by atoms with Crippen LogP contribution in [0.3, 0.4) is 0 Å². The average molecular weight is 394 g/mol. The van der Waals surface area contributed by atoms with E-state index in [1.54, 1.807) is 12.3 Å². The van der Waals surface area contributed by atoms with Gasteiger partial charge in [0, 0.05) is 11.9 Å². The summed E-state index contributed by atoms with van der Waals surface area (Å²) in [5.41, 5.74) is 3.42. The number of nitrogens with zero attached hydrogens (tertiary/aromatic N) is 2. The number of aryl methyl sites for hydroxylation is 1. The molecule has 5 heteroatoms. The lowest BCUT2D eigenvalue weighted by Crippen LogP contribution is -2.30. The molecule has 0 spiro atoms. The molecule has 1 fully saturated rings. The Balaban J connectivity index is 1.28. The quantitative estimate of drug-likeness (QED) is 0.527. The number of aliphatic imine (C=N–C) groups is 1. The number of anilines is 1. The Morgan fingerprint density at radius 3 is 2.66 bits per heavy atom. The van der Waals surface area contributed by atoms with Gasteiger partial charge in [-0.2, -0.15) is 0 Å². The molecule has 0 bridgehead atoms. The first-order valence-electron chi connectivity index (χ1n) is 10.6. The van der Waals surface area contributed by atoms with Gasteiger partial charge in [0.25, 0.3) is 0 Å². The van der Waals surface area contributed by atoms with Crippen molar-refractivity contribution in [3.05, 3.63) is 59.4 Å². The van der Waals surface area contributed by atoms with Crippen molar-refractivity contribution in [2.24, 2.45) is 4.99 Å². The second-order valence-corrected chi connectivity index (χ2v) is 8.00. The highest BCUT2D eigenvalue weighted by molar-refractivity contribution is 6.12. The van der Waals surface area contributed by atoms with Crippen LogP contribution in [0, 0.1) is 5.82 Å². The van der Waals surface area contributed by atoms with Gasteiger partial charge in [-0.1, -0.05) is 18.6 Å². The second-order valence-electron chi connectivity index (χ2n) is 8.00. The van der Waals surface area contributed by atoms with E-state index in [2.05, 4.69) is 27.3 Å². The first-order chi connectivity index (χ1) is 14.2. The summed E-state index contributed by atoms with van der Waals surface area (Å²) in [5.74, 6) is -1.06. The van der Waals surface area contributed by atoms with Crippen molar-refractivity contribution >= 4 is 23.5 Å². The van der Waals surface area contributed by atoms with Gasteiger partial charge in [-0.3, -0.25) is 9.79 Å². The lowest BCUT2D eigenvalue weighted by Gasteiger charge is -2.26. The fourth-order valence-electron chi connectivity index (χ4n) is 4.16. The van der Waals surface area contributed by atoms with E-state index in [0.717, 1.165) is 12.1 Å². The molecular weight excluding hydrogens is 365 g/mol. The van der Waals surface area contributed by atoms with Crippen molar-refractivity contribution in [2.45, 2.75) is 44.4 Å². The molecule has 1 saturated heterocycles. The largest absolute Gasteiger partial charge is 0.325 e. The molecule has 1 unspecified atom stereocenters. The molecule has 0 radical (unpaired) electrons. The molecule has 1 N–H and O–H groups in total. The Morgan fingerprint density at radius 1 is 1.07 bits per heavy atom. The number of unbranched alkanes of at least 4 members (excludes halogenated alkanes) is 1. The Bertz CT molecular complexity index is 872. The maximum atomic E-state index is 13.5. The smallest absolute Gasteiger partial charge is 0.237 e. The highest BCUT2D eigenvalue weighted by Gasteiger charge is 2.29. The van der Waals surface area contributed by atoms with Gasteiger partial charge in [0.15, 0.2) is 0 Å². The molecule has 4 nitrogen and oxygen atoms in total. The van der Waals surface area contributed by atoms with Crippen LogP contribution >= 0.6 is 0 Å². The number of carbonyl (C=O) groups excluding carboxylic acids is 1. The van der Waals surface area contributed by atoms with Gasteiger partial charge in [0.1, 0.15) is 11.7 Å². The summed E-state index contributed by atoms with van der Waals surface area (Å²) in [4.78, 5) is 19.2. The molecule has 2 aromatic carbocycles. The molecule has 0 aromatic heterocycles. The third kappa shape index (κ3) is 5.10. The summed E-state index contributed by atoms with van der Waals surface area (Å²) >= 11 is 0. The summed E-state index contributed by atoms with van der Waals surface area (Å²) < 4.78 is 13.5. The van der Waals surface area contributed by atoms with Gasteiger partial charge >= 0.3 is 0 Å². The fourth-order valence-corrected chi connectivity index (χ4v) is 4.16. The van der Waals surface area contributed by atoms with Crippen LogP contribution in [0.15, 0.2) is 47.5 Å². The molecule has 29 heavy (non-hydrogen) atoms. The summed E-state index contributed by atoms with van der Waals surface area (Å²) in [6.45, 7) is 3.75. The third-order valence-corrected chi connectivity index (χ3v) is 5.84. The fraction of sp³-hybridized carbons (Fsp3) is 0.417. The van der Waals surface area contributed by atoms with Crippen LogP contribution in [0.2, 0.25) is 0 Å². The lowest BCUT2D eigenvalue weighted by molar-refractivity contribution is -0.115. The van der Waals surface area contributed by atoms with Crippen molar-refractivity contribution in [3.63, 3.8) is 0 Å². The minimum atomic E-state index is -0.546. The van der Waals surface area contributed by atoms with E-state index >= 15 is 0 Å². The predicted octanol–water partition coefficient (Wildman–Crippen LogP) is 5.07. The number of hydrogen-bond acceptors (Lipinski definition) is 3. The number of amides is 1. The Morgan fingerprint density at radius 2 is 1.86 bits per heavy atom. The molecule has 2 heterocycles. The van der Waals surface area contributed by atoms with Crippen LogP contribution in [0.1, 0.15) is 49.1 Å². The van der Waals surface area contributed by atoms with Gasteiger partial charge < -0.3 is 10.2 Å². The predicted molar refractivity (Wildman–Crippen MR) is 116 cm³/mol. The van der Waals surface area contributed by atoms with E-state index in [1.807, 2.05) is 12.1 Å². The average Bonchev–Trinajstić information content (AvgIpc) is 3.05. The van der Waals surface area contributed by atoms with Gasteiger partial charge in [0.2, 0.25) is 5.91 Å². The number of rotatable bonds is 7. The molecule has 152 valence electrons. The van der Waals surface area contributed by atoms with Gasteiger partial charge in [-0.05, 0) is 93.2 Å². The molecule has 2 aliphatic heterocycles. The summed E-state index contributed by atoms with van der Waals surface area (Å²) in [7, 11) is 0. The second kappa shape index (κ2) is 9.31. The maximum absolute atomic E-state index is 13.5. The van der Waals surface area contributed by atoms with Gasteiger partial charge in [-0.25, -0.2) is 4.39 Å². The monoisotopic (exact) mass is 393 g/mol. The SMILES string of the molecule is O=C1Nc2ccc(F)cc2C1C=Nc1ccc(CCCCN2CCCCC2)cc1. The Kier molecular flexibility index (Phi) is 6.35. The van der Waals surface area contributed by atoms with E-state index in [1.165, 1.54) is 69.4 Å². The highest BCUT2D eigenvalue weighted by atomic mass is 19.1. The molecule has 2 aromatic rings. The number of fused-ring (bicyclic) bond motifs is 1. The van der Waals surface area contributed by atoms with Crippen molar-refractivity contribution in [1.82, 2.24) is 4.90 Å². The molecule has 1 atom stereocenters. The first kappa shape index (κ1) is 19.8. The Hall–Kier alpha value is -2.53. The van der Waals surface area contributed by atoms with E-state index < -0.39 is 5.92 Å². The van der Waals surface area contributed by atoms with Crippen molar-refractivity contribution in [1.29, 1.82) is 0 Å². The van der Waals surface area contributed by atoms with Crippen molar-refractivity contribution < 1.29 is 9.18 Å². The van der Waals surface area contributed by atoms with Crippen LogP contribution in [-0.2, 0) is 11.2 Å². The third-order valence-electron chi connectivity index (χ3n) is 5.84. The van der Waals surface area contributed by atoms with Crippen molar-refractivity contribution in [2.75, 3.05) is 25.0 Å². The lowest BCUT2D eigenvalue weighted by atomic mass is 10.0. The molecule has 1 amide bonds. The number of halogens is 1. The number of hydrogen-bond donors (Lipinski definition) is 1. The van der Waals surface area contributed by atoms with Gasteiger partial charge in [-0.15, -0.1) is 0 Å². The zero-order chi connectivity index (χ0) is 20.1. The van der Waals surface area contributed by atoms with E-state index in [9.17, 15) is 9.18 Å². The minimum Gasteiger partial charge on any atom is -0.325 e. The van der Waals surface area contributed by atoms with E-state index in [-0.39, 0.29) is 11.7 Å². The number of piperidine rings is 1. The standard InChI is InChI=1S/C24H28FN3O/c25-19-9-12-23-21(16-19)22(24(29)27-23)17-26-20-10-7-18(8-11-20)6-2-5-15-28-13-3-1-4-14-28/h7-12,16-17,22H,1-6,13-15H2,(H,27,29). The summed E-state index contributed by atoms with van der Waals surface area (Å²) in [5, 5.41) is 2.77. The maximum Gasteiger partial charge on any atom is 0.237 e. The number of nitrogens with one attached hydrogen (secondary N) is 1. The molecular formula is C24H28FN3O. The molecule has 0 aliphatic carbocycles. The zero-order valence-electron chi connectivity index (χ0n) is 16.7. The first-order valence-corrected chi connectivity index (χ1v) is 10.6. The normalized spacial score (nSPS) is 19.5. The topological polar surface area (TPSA) is 44.7 Å². The summed E-state index contributed by atoms with van der Waals surface area (Å²) in [6, 6.07) is 12.5. The van der Waals surface area contributed by atoms with Crippen LogP contribution in [-0.4, -0.2) is 36.7 Å². The molecule has 0 saturated carbocycles. The molecule has 4 rings (SSSR count). The van der Waals surface area contributed by atoms with E-state index in [4.69, 9.17) is 0 Å². The van der Waals surface area contributed by atoms with Crippen LogP contribution in [0.4, 0.5) is 15.8 Å². The van der Waals surface area contributed by atoms with E-state index in [0.29, 0.717) is 11.3 Å². The number of benzene rings is 2. The van der Waals surface area contributed by atoms with Crippen LogP contribution < -0.4 is 5.32 Å². The minimum absolute atomic E-state index is 0.167. The van der Waals surface area contributed by atoms with Crippen LogP contribution in [0.25, 0.3) is 0 Å². The molecule has 2 aliphatic rings. The van der Waals surface area contributed by atoms with Gasteiger partial charge in [0.05, 0.1) is 5.69 Å². The van der Waals surface area contributed by atoms with Crippen molar-refractivity contribution in [3.8, 4) is 0 Å². The Labute approximate surface area is 171 Å². The number of likely N-dealkylation sites (tertiary alicyclic amines) is 1. The van der Waals surface area contributed by atoms with Crippen LogP contribution in [0.5, 0.6) is 0 Å². The summed E-state index contributed by atoms with van der Waals surface area (Å²) in [6.07, 6.45) is 9.22. The zero-order valence-corrected chi connectivity index (χ0v) is 16.7. The number of carbonyl (C=O) groups is 1. The highest BCUT2D eigenvalue weighted by Crippen LogP contribution is 2.32.